The Morgan fingerprint density at radius 1 is 1.07 bits per heavy atom. The van der Waals surface area contributed by atoms with E-state index in [9.17, 15) is 19.5 Å². The van der Waals surface area contributed by atoms with E-state index in [1.165, 1.54) is 4.90 Å². The van der Waals surface area contributed by atoms with Crippen LogP contribution in [0.3, 0.4) is 0 Å². The zero-order valence-corrected chi connectivity index (χ0v) is 27.7. The maximum Gasteiger partial charge on any atom is 0.253 e. The molecule has 0 saturated carbocycles. The van der Waals surface area contributed by atoms with Gasteiger partial charge in [-0.05, 0) is 88.4 Å². The summed E-state index contributed by atoms with van der Waals surface area (Å²) < 4.78 is 12.6. The Morgan fingerprint density at radius 2 is 1.74 bits per heavy atom. The molecular formula is C37H47N3O6. The Morgan fingerprint density at radius 3 is 2.35 bits per heavy atom. The standard InChI is InChI=1S/C37H47N3O6/c1-8-20-38(27-14-16-28(17-15-27)45-11-4)33(42)30-31-34(43)40(26(7)23-41)32(37(31)19-18-36(30,10-3)46-37)35(44)39(21-9-2)29-22-24(5)12-13-25(29)6/h8-9,12-17,22,26,30-32,41H,1-2,10-11,18-21,23H2,3-7H3/t26-,30-,31+,32?,36+,37?/m1/s1. The van der Waals surface area contributed by atoms with Gasteiger partial charge in [-0.3, -0.25) is 14.4 Å². The number of anilines is 2. The number of aliphatic hydroxyl groups excluding tert-OH is 1. The molecule has 246 valence electrons. The van der Waals surface area contributed by atoms with E-state index >= 15 is 0 Å². The van der Waals surface area contributed by atoms with Crippen molar-refractivity contribution in [3.8, 4) is 5.75 Å². The smallest absolute Gasteiger partial charge is 0.253 e. The minimum absolute atomic E-state index is 0.224. The number of likely N-dealkylation sites (tertiary alicyclic amines) is 1. The van der Waals surface area contributed by atoms with Crippen LogP contribution in [0.2, 0.25) is 0 Å². The first-order valence-electron chi connectivity index (χ1n) is 16.3. The summed E-state index contributed by atoms with van der Waals surface area (Å²) >= 11 is 0. The summed E-state index contributed by atoms with van der Waals surface area (Å²) in [5, 5.41) is 10.3. The van der Waals surface area contributed by atoms with Gasteiger partial charge in [-0.15, -0.1) is 13.2 Å². The van der Waals surface area contributed by atoms with Gasteiger partial charge in [0, 0.05) is 24.5 Å². The minimum Gasteiger partial charge on any atom is -0.494 e. The van der Waals surface area contributed by atoms with E-state index in [4.69, 9.17) is 9.47 Å². The molecule has 3 heterocycles. The lowest BCUT2D eigenvalue weighted by Crippen LogP contribution is -2.58. The van der Waals surface area contributed by atoms with Crippen LogP contribution in [0.25, 0.3) is 0 Å². The molecule has 9 heteroatoms. The number of carbonyl (C=O) groups is 3. The number of rotatable bonds is 13. The van der Waals surface area contributed by atoms with Gasteiger partial charge in [-0.2, -0.15) is 0 Å². The summed E-state index contributed by atoms with van der Waals surface area (Å²) in [6.45, 7) is 18.0. The third-order valence-electron chi connectivity index (χ3n) is 10.1. The highest BCUT2D eigenvalue weighted by atomic mass is 16.5. The number of nitrogens with zero attached hydrogens (tertiary/aromatic N) is 3. The van der Waals surface area contributed by atoms with Gasteiger partial charge in [0.25, 0.3) is 5.91 Å². The van der Waals surface area contributed by atoms with Crippen molar-refractivity contribution in [2.45, 2.75) is 77.2 Å². The van der Waals surface area contributed by atoms with E-state index in [0.29, 0.717) is 37.3 Å². The molecule has 3 fully saturated rings. The number of carbonyl (C=O) groups excluding carboxylic acids is 3. The number of hydrogen-bond acceptors (Lipinski definition) is 6. The average Bonchev–Trinajstić information content (AvgIpc) is 3.67. The number of hydrogen-bond donors (Lipinski definition) is 1. The molecule has 1 spiro atoms. The fourth-order valence-corrected chi connectivity index (χ4v) is 7.98. The van der Waals surface area contributed by atoms with Crippen molar-refractivity contribution in [2.75, 3.05) is 36.1 Å². The van der Waals surface area contributed by atoms with Crippen molar-refractivity contribution < 1.29 is 29.0 Å². The molecule has 2 bridgehead atoms. The van der Waals surface area contributed by atoms with Crippen LogP contribution in [0.1, 0.15) is 51.2 Å². The molecule has 0 radical (unpaired) electrons. The van der Waals surface area contributed by atoms with Crippen molar-refractivity contribution in [1.29, 1.82) is 0 Å². The molecule has 2 aromatic rings. The highest BCUT2D eigenvalue weighted by Crippen LogP contribution is 2.65. The molecule has 3 aliphatic heterocycles. The largest absolute Gasteiger partial charge is 0.494 e. The Kier molecular flexibility index (Phi) is 9.47. The van der Waals surface area contributed by atoms with Gasteiger partial charge in [0.05, 0.1) is 36.7 Å². The van der Waals surface area contributed by atoms with Gasteiger partial charge in [-0.25, -0.2) is 0 Å². The molecular weight excluding hydrogens is 582 g/mol. The van der Waals surface area contributed by atoms with Crippen LogP contribution in [0, 0.1) is 25.7 Å². The molecule has 0 aromatic heterocycles. The van der Waals surface area contributed by atoms with Gasteiger partial charge < -0.3 is 29.3 Å². The topological polar surface area (TPSA) is 99.6 Å². The van der Waals surface area contributed by atoms with Crippen molar-refractivity contribution >= 4 is 29.1 Å². The lowest BCUT2D eigenvalue weighted by atomic mass is 9.64. The summed E-state index contributed by atoms with van der Waals surface area (Å²) in [4.78, 5) is 49.2. The van der Waals surface area contributed by atoms with Crippen LogP contribution in [-0.2, 0) is 19.1 Å². The van der Waals surface area contributed by atoms with Crippen LogP contribution in [-0.4, -0.2) is 77.3 Å². The maximum atomic E-state index is 14.9. The third kappa shape index (κ3) is 5.23. The quantitative estimate of drug-likeness (QED) is 0.314. The highest BCUT2D eigenvalue weighted by Gasteiger charge is 2.79. The molecule has 5 rings (SSSR count). The molecule has 2 aromatic carbocycles. The predicted octanol–water partition coefficient (Wildman–Crippen LogP) is 4.98. The van der Waals surface area contributed by atoms with Crippen LogP contribution in [0.5, 0.6) is 5.75 Å². The summed E-state index contributed by atoms with van der Waals surface area (Å²) in [5.74, 6) is -1.91. The van der Waals surface area contributed by atoms with Gasteiger partial charge in [0.2, 0.25) is 11.8 Å². The van der Waals surface area contributed by atoms with Gasteiger partial charge in [-0.1, -0.05) is 31.2 Å². The Hall–Kier alpha value is -3.95. The number of ether oxygens (including phenoxy) is 2. The zero-order chi connectivity index (χ0) is 33.4. The van der Waals surface area contributed by atoms with Crippen LogP contribution < -0.4 is 14.5 Å². The van der Waals surface area contributed by atoms with Crippen molar-refractivity contribution in [3.63, 3.8) is 0 Å². The summed E-state index contributed by atoms with van der Waals surface area (Å²) in [6, 6.07) is 11.5. The SMILES string of the molecule is C=CCN(C(=O)[C@H]1[C@H]2C(=O)N([C@H](C)CO)C(C(=O)N(CC=C)c3cc(C)ccc3C)C23CC[C@]1(CC)O3)c1ccc(OCC)cc1. The van der Waals surface area contributed by atoms with E-state index in [1.54, 1.807) is 28.9 Å². The summed E-state index contributed by atoms with van der Waals surface area (Å²) in [7, 11) is 0. The highest BCUT2D eigenvalue weighted by molar-refractivity contribution is 6.07. The normalized spacial score (nSPS) is 26.9. The average molecular weight is 630 g/mol. The van der Waals surface area contributed by atoms with E-state index in [2.05, 4.69) is 13.2 Å². The first kappa shape index (κ1) is 33.4. The van der Waals surface area contributed by atoms with E-state index in [-0.39, 0.29) is 37.4 Å². The molecule has 3 saturated heterocycles. The molecule has 46 heavy (non-hydrogen) atoms. The first-order valence-corrected chi connectivity index (χ1v) is 16.3. The number of aryl methyl sites for hydroxylation is 2. The van der Waals surface area contributed by atoms with E-state index in [1.807, 2.05) is 70.2 Å². The summed E-state index contributed by atoms with van der Waals surface area (Å²) in [6.07, 6.45) is 4.82. The second kappa shape index (κ2) is 13.0. The van der Waals surface area contributed by atoms with Crippen LogP contribution in [0.4, 0.5) is 11.4 Å². The number of benzene rings is 2. The molecule has 0 aliphatic carbocycles. The molecule has 6 atom stereocenters. The third-order valence-corrected chi connectivity index (χ3v) is 10.1. The van der Waals surface area contributed by atoms with Gasteiger partial charge in [0.15, 0.2) is 0 Å². The molecule has 2 unspecified atom stereocenters. The molecule has 3 amide bonds. The van der Waals surface area contributed by atoms with E-state index in [0.717, 1.165) is 16.8 Å². The summed E-state index contributed by atoms with van der Waals surface area (Å²) in [5.41, 5.74) is 1.13. The fraction of sp³-hybridized carbons (Fsp3) is 0.486. The number of amides is 3. The molecule has 3 aliphatic rings. The Balaban J connectivity index is 1.62. The van der Waals surface area contributed by atoms with Crippen molar-refractivity contribution in [2.24, 2.45) is 11.8 Å². The lowest BCUT2D eigenvalue weighted by molar-refractivity contribution is -0.149. The van der Waals surface area contributed by atoms with E-state index < -0.39 is 35.1 Å². The Labute approximate surface area is 272 Å². The molecule has 1 N–H and O–H groups in total. The van der Waals surface area contributed by atoms with Crippen LogP contribution >= 0.6 is 0 Å². The second-order valence-corrected chi connectivity index (χ2v) is 12.8. The van der Waals surface area contributed by atoms with Crippen molar-refractivity contribution in [3.05, 3.63) is 78.9 Å². The van der Waals surface area contributed by atoms with Crippen LogP contribution in [0.15, 0.2) is 67.8 Å². The molecule has 9 nitrogen and oxygen atoms in total. The fourth-order valence-electron chi connectivity index (χ4n) is 7.98. The monoisotopic (exact) mass is 629 g/mol. The second-order valence-electron chi connectivity index (χ2n) is 12.8. The van der Waals surface area contributed by atoms with Gasteiger partial charge in [0.1, 0.15) is 17.4 Å². The number of aliphatic hydroxyl groups is 1. The van der Waals surface area contributed by atoms with Crippen molar-refractivity contribution in [1.82, 2.24) is 4.90 Å². The first-order chi connectivity index (χ1) is 22.0. The Bertz CT molecular complexity index is 1510. The number of fused-ring (bicyclic) bond motifs is 1. The lowest BCUT2D eigenvalue weighted by Gasteiger charge is -2.39. The maximum absolute atomic E-state index is 14.9. The zero-order valence-electron chi connectivity index (χ0n) is 27.7. The minimum atomic E-state index is -1.23. The predicted molar refractivity (Wildman–Crippen MR) is 179 cm³/mol. The van der Waals surface area contributed by atoms with Gasteiger partial charge >= 0.3 is 0 Å².